The molecule has 0 fully saturated rings. The van der Waals surface area contributed by atoms with Gasteiger partial charge in [0.05, 0.1) is 23.3 Å². The van der Waals surface area contributed by atoms with Crippen LogP contribution in [0.2, 0.25) is 0 Å². The second kappa shape index (κ2) is 5.87. The van der Waals surface area contributed by atoms with E-state index in [-0.39, 0.29) is 0 Å². The summed E-state index contributed by atoms with van der Waals surface area (Å²) in [4.78, 5) is 4.45. The van der Waals surface area contributed by atoms with Crippen LogP contribution in [0.3, 0.4) is 0 Å². The largest absolute Gasteiger partial charge is 0.384 e. The monoisotopic (exact) mass is 345 g/mol. The first-order valence-electron chi connectivity index (χ1n) is 6.71. The maximum Gasteiger partial charge on any atom is 0.205 e. The molecule has 1 aromatic heterocycles. The highest BCUT2D eigenvalue weighted by atomic mass is 79.9. The van der Waals surface area contributed by atoms with Gasteiger partial charge in [0.15, 0.2) is 0 Å². The Morgan fingerprint density at radius 3 is 2.86 bits per heavy atom. The quantitative estimate of drug-likeness (QED) is 0.786. The van der Waals surface area contributed by atoms with E-state index in [0.29, 0.717) is 12.6 Å². The summed E-state index contributed by atoms with van der Waals surface area (Å²) < 4.78 is 8.17. The van der Waals surface area contributed by atoms with Crippen molar-refractivity contribution in [1.82, 2.24) is 9.55 Å². The molecule has 4 nitrogen and oxygen atoms in total. The standard InChI is InChI=1S/C16H16BrN3O/c1-21-9-8-11-4-2-3-5-14(11)20-15-7-6-12(17)10-13(15)19-16(20)18/h2-7,10H,8-9H2,1H3,(H2,18,19). The van der Waals surface area contributed by atoms with E-state index in [4.69, 9.17) is 10.5 Å². The van der Waals surface area contributed by atoms with Gasteiger partial charge in [0.25, 0.3) is 0 Å². The van der Waals surface area contributed by atoms with Gasteiger partial charge < -0.3 is 10.5 Å². The summed E-state index contributed by atoms with van der Waals surface area (Å²) in [6.45, 7) is 0.676. The number of nitrogens with two attached hydrogens (primary N) is 1. The molecule has 0 saturated heterocycles. The van der Waals surface area contributed by atoms with E-state index in [9.17, 15) is 0 Å². The molecule has 0 aliphatic heterocycles. The lowest BCUT2D eigenvalue weighted by atomic mass is 10.1. The minimum Gasteiger partial charge on any atom is -0.384 e. The van der Waals surface area contributed by atoms with Crippen LogP contribution in [0, 0.1) is 0 Å². The van der Waals surface area contributed by atoms with E-state index >= 15 is 0 Å². The van der Waals surface area contributed by atoms with Crippen molar-refractivity contribution in [1.29, 1.82) is 0 Å². The highest BCUT2D eigenvalue weighted by Crippen LogP contribution is 2.27. The minimum atomic E-state index is 0.493. The SMILES string of the molecule is COCCc1ccccc1-n1c(N)nc2cc(Br)ccc21. The Bertz CT molecular complexity index is 782. The van der Waals surface area contributed by atoms with Crippen LogP contribution in [-0.2, 0) is 11.2 Å². The molecule has 5 heteroatoms. The van der Waals surface area contributed by atoms with Crippen molar-refractivity contribution in [3.05, 3.63) is 52.5 Å². The molecule has 3 rings (SSSR count). The Morgan fingerprint density at radius 1 is 1.24 bits per heavy atom. The zero-order valence-corrected chi connectivity index (χ0v) is 13.3. The van der Waals surface area contributed by atoms with Crippen molar-refractivity contribution in [2.75, 3.05) is 19.5 Å². The highest BCUT2D eigenvalue weighted by molar-refractivity contribution is 9.10. The number of methoxy groups -OCH3 is 1. The van der Waals surface area contributed by atoms with Gasteiger partial charge in [0.1, 0.15) is 0 Å². The lowest BCUT2D eigenvalue weighted by Gasteiger charge is -2.12. The van der Waals surface area contributed by atoms with Crippen molar-refractivity contribution >= 4 is 32.9 Å². The number of anilines is 1. The maximum absolute atomic E-state index is 6.14. The number of aromatic nitrogens is 2. The average molecular weight is 346 g/mol. The first kappa shape index (κ1) is 14.1. The number of ether oxygens (including phenoxy) is 1. The number of hydrogen-bond acceptors (Lipinski definition) is 3. The van der Waals surface area contributed by atoms with Crippen LogP contribution in [0.1, 0.15) is 5.56 Å². The van der Waals surface area contributed by atoms with E-state index in [1.807, 2.05) is 34.9 Å². The van der Waals surface area contributed by atoms with Gasteiger partial charge in [-0.3, -0.25) is 4.57 Å². The molecule has 2 N–H and O–H groups in total. The predicted octanol–water partition coefficient (Wildman–Crippen LogP) is 3.56. The number of hydrogen-bond donors (Lipinski definition) is 1. The van der Waals surface area contributed by atoms with Crippen molar-refractivity contribution in [3.63, 3.8) is 0 Å². The van der Waals surface area contributed by atoms with Gasteiger partial charge >= 0.3 is 0 Å². The molecule has 0 spiro atoms. The number of benzene rings is 2. The van der Waals surface area contributed by atoms with E-state index < -0.39 is 0 Å². The average Bonchev–Trinajstić information content (AvgIpc) is 2.80. The molecule has 0 amide bonds. The fourth-order valence-corrected chi connectivity index (χ4v) is 2.83. The molecule has 0 bridgehead atoms. The molecule has 3 aromatic rings. The molecular formula is C16H16BrN3O. The van der Waals surface area contributed by atoms with Crippen LogP contribution in [0.5, 0.6) is 0 Å². The number of rotatable bonds is 4. The Labute approximate surface area is 131 Å². The summed E-state index contributed by atoms with van der Waals surface area (Å²) in [6, 6.07) is 14.2. The Hall–Kier alpha value is -1.85. The molecular weight excluding hydrogens is 330 g/mol. The first-order chi connectivity index (χ1) is 10.2. The molecule has 0 saturated carbocycles. The van der Waals surface area contributed by atoms with Gasteiger partial charge in [-0.05, 0) is 36.2 Å². The van der Waals surface area contributed by atoms with Gasteiger partial charge in [0, 0.05) is 11.6 Å². The fraction of sp³-hybridized carbons (Fsp3) is 0.188. The van der Waals surface area contributed by atoms with Crippen LogP contribution in [0.15, 0.2) is 46.9 Å². The summed E-state index contributed by atoms with van der Waals surface area (Å²) in [5.41, 5.74) is 10.3. The molecule has 108 valence electrons. The van der Waals surface area contributed by atoms with E-state index in [1.54, 1.807) is 7.11 Å². The smallest absolute Gasteiger partial charge is 0.205 e. The minimum absolute atomic E-state index is 0.493. The summed E-state index contributed by atoms with van der Waals surface area (Å²) in [5.74, 6) is 0.493. The lowest BCUT2D eigenvalue weighted by Crippen LogP contribution is -2.05. The van der Waals surface area contributed by atoms with Gasteiger partial charge in [-0.25, -0.2) is 4.98 Å². The Balaban J connectivity index is 2.18. The van der Waals surface area contributed by atoms with Gasteiger partial charge in [0.2, 0.25) is 5.95 Å². The molecule has 0 aliphatic carbocycles. The molecule has 0 aliphatic rings. The topological polar surface area (TPSA) is 53.1 Å². The second-order valence-corrected chi connectivity index (χ2v) is 5.73. The number of imidazole rings is 1. The third-order valence-electron chi connectivity index (χ3n) is 3.45. The number of fused-ring (bicyclic) bond motifs is 1. The van der Waals surface area contributed by atoms with Crippen LogP contribution in [0.25, 0.3) is 16.7 Å². The fourth-order valence-electron chi connectivity index (χ4n) is 2.48. The molecule has 2 aromatic carbocycles. The summed E-state index contributed by atoms with van der Waals surface area (Å²) in [6.07, 6.45) is 0.836. The summed E-state index contributed by atoms with van der Waals surface area (Å²) in [5, 5.41) is 0. The third kappa shape index (κ3) is 2.66. The molecule has 0 radical (unpaired) electrons. The third-order valence-corrected chi connectivity index (χ3v) is 3.94. The zero-order chi connectivity index (χ0) is 14.8. The van der Waals surface area contributed by atoms with E-state index in [1.165, 1.54) is 5.56 Å². The Kier molecular flexibility index (Phi) is 3.94. The van der Waals surface area contributed by atoms with Crippen LogP contribution in [0.4, 0.5) is 5.95 Å². The van der Waals surface area contributed by atoms with Crippen LogP contribution < -0.4 is 5.73 Å². The first-order valence-corrected chi connectivity index (χ1v) is 7.50. The lowest BCUT2D eigenvalue weighted by molar-refractivity contribution is 0.202. The Morgan fingerprint density at radius 2 is 2.05 bits per heavy atom. The number of nitrogen functional groups attached to an aromatic ring is 1. The van der Waals surface area contributed by atoms with E-state index in [0.717, 1.165) is 27.6 Å². The maximum atomic E-state index is 6.14. The normalized spacial score (nSPS) is 11.1. The van der Waals surface area contributed by atoms with Gasteiger partial charge in [-0.2, -0.15) is 0 Å². The van der Waals surface area contributed by atoms with Crippen molar-refractivity contribution in [3.8, 4) is 5.69 Å². The van der Waals surface area contributed by atoms with Crippen molar-refractivity contribution in [2.45, 2.75) is 6.42 Å². The number of nitrogens with zero attached hydrogens (tertiary/aromatic N) is 2. The number of halogens is 1. The zero-order valence-electron chi connectivity index (χ0n) is 11.7. The molecule has 0 atom stereocenters. The predicted molar refractivity (Wildman–Crippen MR) is 88.8 cm³/mol. The highest BCUT2D eigenvalue weighted by Gasteiger charge is 2.13. The summed E-state index contributed by atoms with van der Waals surface area (Å²) in [7, 11) is 1.71. The van der Waals surface area contributed by atoms with Crippen molar-refractivity contribution < 1.29 is 4.74 Å². The molecule has 1 heterocycles. The van der Waals surface area contributed by atoms with Crippen LogP contribution >= 0.6 is 15.9 Å². The molecule has 0 unspecified atom stereocenters. The van der Waals surface area contributed by atoms with Gasteiger partial charge in [-0.15, -0.1) is 0 Å². The van der Waals surface area contributed by atoms with E-state index in [2.05, 4.69) is 33.0 Å². The number of para-hydroxylation sites is 1. The van der Waals surface area contributed by atoms with Gasteiger partial charge in [-0.1, -0.05) is 34.1 Å². The van der Waals surface area contributed by atoms with Crippen LogP contribution in [-0.4, -0.2) is 23.3 Å². The molecule has 21 heavy (non-hydrogen) atoms. The summed E-state index contributed by atoms with van der Waals surface area (Å²) >= 11 is 3.46. The second-order valence-electron chi connectivity index (χ2n) is 4.81. The van der Waals surface area contributed by atoms with Crippen molar-refractivity contribution in [2.24, 2.45) is 0 Å².